The number of Topliss-reactive ketones (excluding diaryl/α,β-unsaturated/α-hetero) is 1. The predicted octanol–water partition coefficient (Wildman–Crippen LogP) is 5.18. The Kier molecular flexibility index (Phi) is 15.6. The summed E-state index contributed by atoms with van der Waals surface area (Å²) in [4.78, 5) is 58.2. The van der Waals surface area contributed by atoms with Crippen molar-refractivity contribution >= 4 is 29.1 Å². The lowest BCUT2D eigenvalue weighted by Crippen LogP contribution is -2.59. The molecule has 60 heavy (non-hydrogen) atoms. The van der Waals surface area contributed by atoms with Crippen molar-refractivity contribution in [3.05, 3.63) is 36.2 Å². The SMILES string of the molecule is CC[C@H]1OC(=O)[C@H](C)C(=O)[C@H](C)[C@@H](O[C@@H]2O[C@H](C)C[C@H](N(C)C)[C@H]2O)[C@@]2(C)C[C@@H](C)C(=NC(C)=O)[C@H](C)[C@@H](CC/C(=N\OCc3ccc(-c4ccno4)nc3)CO2)[C@]1(C)O. The number of carbonyl (C=O) groups excluding carboxylic acids is 3. The number of aliphatic hydroxyl groups excluding tert-OH is 1. The minimum absolute atomic E-state index is 0.0674. The first-order valence-corrected chi connectivity index (χ1v) is 21.2. The molecule has 5 heterocycles. The monoisotopic (exact) mass is 839 g/mol. The Morgan fingerprint density at radius 3 is 2.43 bits per heavy atom. The molecule has 3 fully saturated rings. The highest BCUT2D eigenvalue weighted by Gasteiger charge is 2.52. The Bertz CT molecular complexity index is 1830. The van der Waals surface area contributed by atoms with Crippen LogP contribution >= 0.6 is 0 Å². The zero-order valence-electron chi connectivity index (χ0n) is 37.0. The van der Waals surface area contributed by atoms with Gasteiger partial charge in [0.05, 0.1) is 36.3 Å². The van der Waals surface area contributed by atoms with E-state index in [1.807, 2.05) is 59.7 Å². The minimum atomic E-state index is -1.64. The number of cyclic esters (lactones) is 1. The van der Waals surface area contributed by atoms with Crippen LogP contribution in [0.3, 0.4) is 0 Å². The number of nitrogens with zero attached hydrogens (tertiary/aromatic N) is 5. The fraction of sp³-hybridized carbons (Fsp3) is 0.705. The molecule has 2 N–H and O–H groups in total. The fourth-order valence-corrected chi connectivity index (χ4v) is 9.33. The summed E-state index contributed by atoms with van der Waals surface area (Å²) >= 11 is 0. The standard InChI is InChI=1S/C44H65N5O11/c1-12-36-44(9,54)32-15-14-31(48-56-22-30-13-16-33(45-21-30)35-17-18-46-60-35)23-55-43(8,20-24(2)37(26(32)4)47-29(7)50)40(27(5)38(51)28(6)41(53)58-36)59-42-39(52)34(49(10)11)19-25(3)57-42/h13,16-18,21,24-28,32,34,36,39-40,42,52,54H,12,14-15,19-20,22-23H2,1-11H3/b47-37?,48-31+/t24-,25-,26-,27+,28-,32-,34+,36-,39-,40-,42+,43-,44+/m1/s1. The number of esters is 1. The molecule has 16 nitrogen and oxygen atoms in total. The summed E-state index contributed by atoms with van der Waals surface area (Å²) in [6.45, 7) is 15.6. The van der Waals surface area contributed by atoms with Gasteiger partial charge in [0.1, 0.15) is 36.0 Å². The number of pyridine rings is 1. The highest BCUT2D eigenvalue weighted by Crippen LogP contribution is 2.42. The molecule has 3 saturated heterocycles. The van der Waals surface area contributed by atoms with Gasteiger partial charge in [-0.3, -0.25) is 19.4 Å². The largest absolute Gasteiger partial charge is 0.459 e. The molecule has 0 unspecified atom stereocenters. The molecule has 332 valence electrons. The maximum Gasteiger partial charge on any atom is 0.316 e. The van der Waals surface area contributed by atoms with Crippen molar-refractivity contribution in [2.75, 3.05) is 20.7 Å². The van der Waals surface area contributed by atoms with Crippen molar-refractivity contribution < 1.29 is 52.9 Å². The summed E-state index contributed by atoms with van der Waals surface area (Å²) < 4.78 is 31.3. The van der Waals surface area contributed by atoms with Gasteiger partial charge in [0.25, 0.3) is 0 Å². The van der Waals surface area contributed by atoms with E-state index >= 15 is 0 Å². The number of likely N-dealkylation sites (N-methyl/N-ethyl adjacent to an activating group) is 1. The number of ketones is 1. The van der Waals surface area contributed by atoms with E-state index < -0.39 is 83.1 Å². The number of oxime groups is 1. The number of aromatic nitrogens is 2. The van der Waals surface area contributed by atoms with Crippen LogP contribution in [-0.4, -0.2) is 123 Å². The van der Waals surface area contributed by atoms with Crippen LogP contribution < -0.4 is 0 Å². The van der Waals surface area contributed by atoms with Gasteiger partial charge >= 0.3 is 5.97 Å². The van der Waals surface area contributed by atoms with Gasteiger partial charge in [-0.2, -0.15) is 0 Å². The third kappa shape index (κ3) is 10.7. The number of ether oxygens (including phenoxy) is 4. The number of hydrogen-bond donors (Lipinski definition) is 2. The molecule has 1 amide bonds. The summed E-state index contributed by atoms with van der Waals surface area (Å²) in [5.74, 6) is -4.94. The highest BCUT2D eigenvalue weighted by atomic mass is 16.7. The Morgan fingerprint density at radius 2 is 1.82 bits per heavy atom. The van der Waals surface area contributed by atoms with Crippen molar-refractivity contribution in [2.24, 2.45) is 39.7 Å². The quantitative estimate of drug-likeness (QED) is 0.200. The smallest absolute Gasteiger partial charge is 0.316 e. The summed E-state index contributed by atoms with van der Waals surface area (Å²) in [5.41, 5.74) is -0.603. The molecule has 0 saturated carbocycles. The van der Waals surface area contributed by atoms with E-state index in [4.69, 9.17) is 28.3 Å². The number of amides is 1. The molecular weight excluding hydrogens is 775 g/mol. The van der Waals surface area contributed by atoms with Crippen molar-refractivity contribution in [1.29, 1.82) is 0 Å². The summed E-state index contributed by atoms with van der Waals surface area (Å²) in [5, 5.41) is 32.5. The van der Waals surface area contributed by atoms with Crippen LogP contribution in [0.2, 0.25) is 0 Å². The number of aliphatic imine (C=N–C) groups is 1. The maximum absolute atomic E-state index is 14.5. The molecular formula is C44H65N5O11. The lowest BCUT2D eigenvalue weighted by atomic mass is 9.68. The zero-order valence-corrected chi connectivity index (χ0v) is 37.0. The van der Waals surface area contributed by atoms with Gasteiger partial charge < -0.3 is 43.4 Å². The van der Waals surface area contributed by atoms with Crippen LogP contribution in [0, 0.1) is 29.6 Å². The fourth-order valence-electron chi connectivity index (χ4n) is 9.33. The van der Waals surface area contributed by atoms with Crippen molar-refractivity contribution in [3.8, 4) is 11.5 Å². The van der Waals surface area contributed by atoms with E-state index in [-0.39, 0.29) is 44.6 Å². The maximum atomic E-state index is 14.5. The molecule has 2 aromatic rings. The third-order valence-electron chi connectivity index (χ3n) is 12.7. The first kappa shape index (κ1) is 47.1. The average Bonchev–Trinajstić information content (AvgIpc) is 3.74. The van der Waals surface area contributed by atoms with Gasteiger partial charge in [0.2, 0.25) is 5.91 Å². The molecule has 3 aliphatic heterocycles. The van der Waals surface area contributed by atoms with Gasteiger partial charge in [-0.25, -0.2) is 4.99 Å². The second-order valence-corrected chi connectivity index (χ2v) is 17.7. The van der Waals surface area contributed by atoms with Crippen molar-refractivity contribution in [3.63, 3.8) is 0 Å². The average molecular weight is 840 g/mol. The molecule has 0 radical (unpaired) electrons. The topological polar surface area (TPSA) is 205 Å². The lowest BCUT2D eigenvalue weighted by molar-refractivity contribution is -0.296. The van der Waals surface area contributed by atoms with Crippen LogP contribution in [-0.2, 0) is 44.8 Å². The molecule has 13 atom stereocenters. The van der Waals surface area contributed by atoms with E-state index in [2.05, 4.69) is 20.3 Å². The Hall–Kier alpha value is -3.93. The molecule has 0 aromatic carbocycles. The number of aliphatic hydroxyl groups is 2. The Balaban J connectivity index is 1.63. The summed E-state index contributed by atoms with van der Waals surface area (Å²) in [6.07, 6.45) is 0.113. The highest BCUT2D eigenvalue weighted by molar-refractivity contribution is 6.00. The van der Waals surface area contributed by atoms with Crippen LogP contribution in [0.15, 0.2) is 45.3 Å². The van der Waals surface area contributed by atoms with Crippen LogP contribution in [0.1, 0.15) is 100.0 Å². The van der Waals surface area contributed by atoms with Gasteiger partial charge in [0, 0.05) is 48.3 Å². The van der Waals surface area contributed by atoms with Crippen molar-refractivity contribution in [1.82, 2.24) is 15.0 Å². The second kappa shape index (κ2) is 19.8. The van der Waals surface area contributed by atoms with Gasteiger partial charge in [0.15, 0.2) is 17.8 Å². The minimum Gasteiger partial charge on any atom is -0.459 e. The van der Waals surface area contributed by atoms with E-state index in [1.54, 1.807) is 38.4 Å². The molecule has 0 aliphatic carbocycles. The molecule has 3 aliphatic rings. The van der Waals surface area contributed by atoms with E-state index in [9.17, 15) is 24.6 Å². The van der Waals surface area contributed by atoms with Gasteiger partial charge in [-0.15, -0.1) is 0 Å². The first-order valence-electron chi connectivity index (χ1n) is 21.2. The Morgan fingerprint density at radius 1 is 1.08 bits per heavy atom. The van der Waals surface area contributed by atoms with Crippen LogP contribution in [0.5, 0.6) is 0 Å². The summed E-state index contributed by atoms with van der Waals surface area (Å²) in [7, 11) is 3.75. The van der Waals surface area contributed by atoms with E-state index in [1.165, 1.54) is 13.8 Å². The number of hydrogen-bond acceptors (Lipinski definition) is 15. The molecule has 5 rings (SSSR count). The number of fused-ring (bicyclic) bond motifs is 5. The molecule has 16 heteroatoms. The molecule has 2 bridgehead atoms. The van der Waals surface area contributed by atoms with E-state index in [0.29, 0.717) is 35.7 Å². The Labute approximate surface area is 353 Å². The predicted molar refractivity (Wildman–Crippen MR) is 222 cm³/mol. The molecule has 2 aromatic heterocycles. The number of carbonyl (C=O) groups is 3. The van der Waals surface area contributed by atoms with E-state index in [0.717, 1.165) is 5.56 Å². The van der Waals surface area contributed by atoms with Gasteiger partial charge in [-0.1, -0.05) is 44.1 Å². The third-order valence-corrected chi connectivity index (χ3v) is 12.7. The van der Waals surface area contributed by atoms with Gasteiger partial charge in [-0.05, 0) is 91.8 Å². The first-order chi connectivity index (χ1) is 28.3. The zero-order chi connectivity index (χ0) is 44.1. The number of rotatable bonds is 8. The normalized spacial score (nSPS) is 37.6. The van der Waals surface area contributed by atoms with Crippen LogP contribution in [0.4, 0.5) is 0 Å². The van der Waals surface area contributed by atoms with Crippen molar-refractivity contribution in [2.45, 2.75) is 149 Å². The second-order valence-electron chi connectivity index (χ2n) is 17.7. The summed E-state index contributed by atoms with van der Waals surface area (Å²) in [6, 6.07) is 5.05. The van der Waals surface area contributed by atoms with Crippen LogP contribution in [0.25, 0.3) is 11.5 Å². The lowest BCUT2D eigenvalue weighted by Gasteiger charge is -2.47. The molecule has 0 spiro atoms.